The predicted molar refractivity (Wildman–Crippen MR) is 58.2 cm³/mol. The Balaban J connectivity index is 3.28. The van der Waals surface area contributed by atoms with Gasteiger partial charge in [-0.15, -0.1) is 0 Å². The molecule has 0 spiro atoms. The molecule has 0 atom stereocenters. The van der Waals surface area contributed by atoms with Crippen molar-refractivity contribution in [2.75, 3.05) is 0 Å². The molecule has 0 fully saturated rings. The summed E-state index contributed by atoms with van der Waals surface area (Å²) in [6.45, 7) is 1.58. The number of halogens is 3. The standard InChI is InChI=1S/C10H6BrClFN/c1-6(5-14)10(12)7-2-8(11)4-9(13)3-7/h2-4H,1H3. The second-order valence-corrected chi connectivity index (χ2v) is 4.00. The molecule has 0 heterocycles. The van der Waals surface area contributed by atoms with E-state index in [2.05, 4.69) is 15.9 Å². The van der Waals surface area contributed by atoms with Crippen molar-refractivity contribution in [1.82, 2.24) is 0 Å². The van der Waals surface area contributed by atoms with Crippen LogP contribution in [0.25, 0.3) is 5.03 Å². The van der Waals surface area contributed by atoms with Crippen molar-refractivity contribution in [3.05, 3.63) is 39.6 Å². The van der Waals surface area contributed by atoms with Crippen LogP contribution in [0.15, 0.2) is 28.2 Å². The minimum Gasteiger partial charge on any atom is -0.207 e. The lowest BCUT2D eigenvalue weighted by molar-refractivity contribution is 0.626. The first-order valence-electron chi connectivity index (χ1n) is 3.77. The third-order valence-electron chi connectivity index (χ3n) is 1.61. The molecular weight excluding hydrogens is 268 g/mol. The Morgan fingerprint density at radius 3 is 2.64 bits per heavy atom. The third kappa shape index (κ3) is 2.57. The molecule has 4 heteroatoms. The zero-order valence-electron chi connectivity index (χ0n) is 7.31. The summed E-state index contributed by atoms with van der Waals surface area (Å²) in [6, 6.07) is 6.19. The lowest BCUT2D eigenvalue weighted by Crippen LogP contribution is -1.84. The van der Waals surface area contributed by atoms with Gasteiger partial charge in [-0.3, -0.25) is 0 Å². The number of allylic oxidation sites excluding steroid dienone is 1. The molecule has 72 valence electrons. The summed E-state index contributed by atoms with van der Waals surface area (Å²) in [4.78, 5) is 0. The molecule has 0 aliphatic heterocycles. The highest BCUT2D eigenvalue weighted by Gasteiger charge is 2.05. The smallest absolute Gasteiger partial charge is 0.124 e. The number of nitriles is 1. The Labute approximate surface area is 94.9 Å². The van der Waals surface area contributed by atoms with Crippen molar-refractivity contribution >= 4 is 32.6 Å². The molecular formula is C10H6BrClFN. The summed E-state index contributed by atoms with van der Waals surface area (Å²) in [5.41, 5.74) is 0.863. The highest BCUT2D eigenvalue weighted by atomic mass is 79.9. The lowest BCUT2D eigenvalue weighted by Gasteiger charge is -2.01. The monoisotopic (exact) mass is 273 g/mol. The van der Waals surface area contributed by atoms with Crippen molar-refractivity contribution in [3.8, 4) is 6.07 Å². The second kappa shape index (κ2) is 4.59. The van der Waals surface area contributed by atoms with Gasteiger partial charge >= 0.3 is 0 Å². The summed E-state index contributed by atoms with van der Waals surface area (Å²) in [5, 5.41) is 8.88. The Kier molecular flexibility index (Phi) is 3.68. The molecule has 0 saturated carbocycles. The molecule has 0 amide bonds. The molecule has 14 heavy (non-hydrogen) atoms. The van der Waals surface area contributed by atoms with Gasteiger partial charge < -0.3 is 0 Å². The maximum atomic E-state index is 13.0. The number of nitrogens with zero attached hydrogens (tertiary/aromatic N) is 1. The first-order valence-corrected chi connectivity index (χ1v) is 4.94. The van der Waals surface area contributed by atoms with Gasteiger partial charge in [0.25, 0.3) is 0 Å². The van der Waals surface area contributed by atoms with Crippen molar-refractivity contribution < 1.29 is 4.39 Å². The molecule has 1 rings (SSSR count). The van der Waals surface area contributed by atoms with Gasteiger partial charge in [0.2, 0.25) is 0 Å². The quantitative estimate of drug-likeness (QED) is 0.708. The van der Waals surface area contributed by atoms with Gasteiger partial charge in [-0.05, 0) is 30.7 Å². The van der Waals surface area contributed by atoms with Crippen LogP contribution in [0, 0.1) is 17.1 Å². The summed E-state index contributed by atoms with van der Waals surface area (Å²) < 4.78 is 13.6. The van der Waals surface area contributed by atoms with Gasteiger partial charge in [0.15, 0.2) is 0 Å². The number of benzene rings is 1. The molecule has 1 aromatic rings. The first-order chi connectivity index (χ1) is 6.54. The molecule has 0 saturated heterocycles. The molecule has 0 radical (unpaired) electrons. The molecule has 0 bridgehead atoms. The van der Waals surface area contributed by atoms with Crippen LogP contribution in [0.2, 0.25) is 0 Å². The van der Waals surface area contributed by atoms with Crippen LogP contribution in [-0.2, 0) is 0 Å². The second-order valence-electron chi connectivity index (χ2n) is 2.71. The maximum Gasteiger partial charge on any atom is 0.124 e. The van der Waals surface area contributed by atoms with Crippen molar-refractivity contribution in [1.29, 1.82) is 5.26 Å². The number of hydrogen-bond acceptors (Lipinski definition) is 1. The zero-order valence-corrected chi connectivity index (χ0v) is 9.66. The number of rotatable bonds is 1. The molecule has 0 unspecified atom stereocenters. The molecule has 0 N–H and O–H groups in total. The van der Waals surface area contributed by atoms with Gasteiger partial charge in [-0.25, -0.2) is 4.39 Å². The fourth-order valence-corrected chi connectivity index (χ4v) is 1.56. The first kappa shape index (κ1) is 11.2. The summed E-state index contributed by atoms with van der Waals surface area (Å²) in [5.74, 6) is -0.390. The predicted octanol–water partition coefficient (Wildman–Crippen LogP) is 4.08. The third-order valence-corrected chi connectivity index (χ3v) is 2.57. The van der Waals surface area contributed by atoms with E-state index in [1.165, 1.54) is 12.1 Å². The minimum atomic E-state index is -0.390. The molecule has 0 aliphatic carbocycles. The van der Waals surface area contributed by atoms with E-state index < -0.39 is 5.82 Å². The van der Waals surface area contributed by atoms with Gasteiger partial charge in [0.05, 0.1) is 11.1 Å². The molecule has 1 aromatic carbocycles. The van der Waals surface area contributed by atoms with E-state index in [1.807, 2.05) is 6.07 Å². The highest BCUT2D eigenvalue weighted by Crippen LogP contribution is 2.26. The summed E-state index contributed by atoms with van der Waals surface area (Å²) in [6.07, 6.45) is 0. The highest BCUT2D eigenvalue weighted by molar-refractivity contribution is 9.10. The van der Waals surface area contributed by atoms with Crippen LogP contribution < -0.4 is 0 Å². The topological polar surface area (TPSA) is 23.8 Å². The molecule has 0 aromatic heterocycles. The van der Waals surface area contributed by atoms with Crippen molar-refractivity contribution in [3.63, 3.8) is 0 Å². The average Bonchev–Trinajstić information content (AvgIpc) is 2.14. The largest absolute Gasteiger partial charge is 0.207 e. The minimum absolute atomic E-state index is 0.271. The fraction of sp³-hybridized carbons (Fsp3) is 0.100. The SMILES string of the molecule is CC(C#N)=C(Cl)c1cc(F)cc(Br)c1. The zero-order chi connectivity index (χ0) is 10.7. The summed E-state index contributed by atoms with van der Waals surface area (Å²) in [7, 11) is 0. The van der Waals surface area contributed by atoms with Crippen LogP contribution >= 0.6 is 27.5 Å². The van der Waals surface area contributed by atoms with E-state index in [-0.39, 0.29) is 5.03 Å². The fourth-order valence-electron chi connectivity index (χ4n) is 0.946. The lowest BCUT2D eigenvalue weighted by atomic mass is 10.1. The summed E-state index contributed by atoms with van der Waals surface area (Å²) >= 11 is 9.02. The van der Waals surface area contributed by atoms with Gasteiger partial charge in [0.1, 0.15) is 5.82 Å². The van der Waals surface area contributed by atoms with Gasteiger partial charge in [-0.2, -0.15) is 5.26 Å². The molecule has 1 nitrogen and oxygen atoms in total. The maximum absolute atomic E-state index is 13.0. The van der Waals surface area contributed by atoms with Crippen LogP contribution in [0.5, 0.6) is 0 Å². The molecule has 0 aliphatic rings. The normalized spacial score (nSPS) is 11.9. The average molecular weight is 275 g/mol. The van der Waals surface area contributed by atoms with E-state index in [0.29, 0.717) is 15.6 Å². The Morgan fingerprint density at radius 1 is 1.50 bits per heavy atom. The van der Waals surface area contributed by atoms with E-state index in [9.17, 15) is 4.39 Å². The van der Waals surface area contributed by atoms with Crippen LogP contribution in [0.4, 0.5) is 4.39 Å². The van der Waals surface area contributed by atoms with Crippen LogP contribution in [0.3, 0.4) is 0 Å². The Bertz CT molecular complexity index is 414. The van der Waals surface area contributed by atoms with E-state index in [0.717, 1.165) is 0 Å². The van der Waals surface area contributed by atoms with E-state index >= 15 is 0 Å². The number of hydrogen-bond donors (Lipinski definition) is 0. The van der Waals surface area contributed by atoms with Gasteiger partial charge in [-0.1, -0.05) is 27.5 Å². The van der Waals surface area contributed by atoms with Crippen molar-refractivity contribution in [2.45, 2.75) is 6.92 Å². The van der Waals surface area contributed by atoms with Crippen LogP contribution in [-0.4, -0.2) is 0 Å². The van der Waals surface area contributed by atoms with Crippen molar-refractivity contribution in [2.24, 2.45) is 0 Å². The van der Waals surface area contributed by atoms with Gasteiger partial charge in [0, 0.05) is 10.0 Å². The Hall–Kier alpha value is -0.850. The Morgan fingerprint density at radius 2 is 2.14 bits per heavy atom. The van der Waals surface area contributed by atoms with E-state index in [1.54, 1.807) is 13.0 Å². The van der Waals surface area contributed by atoms with Crippen LogP contribution in [0.1, 0.15) is 12.5 Å². The van der Waals surface area contributed by atoms with E-state index in [4.69, 9.17) is 16.9 Å².